The molecular weight excluding hydrogens is 308 g/mol. The fourth-order valence-electron chi connectivity index (χ4n) is 2.41. The molecule has 2 amide bonds. The van der Waals surface area contributed by atoms with Crippen LogP contribution in [0.25, 0.3) is 0 Å². The van der Waals surface area contributed by atoms with Crippen LogP contribution in [-0.2, 0) is 4.79 Å². The predicted octanol–water partition coefficient (Wildman–Crippen LogP) is 2.17. The summed E-state index contributed by atoms with van der Waals surface area (Å²) < 4.78 is 10.9. The van der Waals surface area contributed by atoms with E-state index < -0.39 is 0 Å². The number of amides is 2. The molecule has 0 saturated carbocycles. The highest BCUT2D eigenvalue weighted by atomic mass is 16.6. The van der Waals surface area contributed by atoms with Crippen LogP contribution in [0, 0.1) is 0 Å². The number of nitrogens with zero attached hydrogens (tertiary/aromatic N) is 1. The van der Waals surface area contributed by atoms with Gasteiger partial charge < -0.3 is 19.7 Å². The van der Waals surface area contributed by atoms with E-state index >= 15 is 0 Å². The third kappa shape index (κ3) is 3.65. The van der Waals surface area contributed by atoms with Gasteiger partial charge in [-0.2, -0.15) is 0 Å². The SMILES string of the molecule is CN(CC(=O)Nc1ccccc1)C(=O)c1ccc2c(c1)OCCO2. The molecule has 0 aliphatic carbocycles. The maximum atomic E-state index is 12.5. The zero-order valence-corrected chi connectivity index (χ0v) is 13.3. The highest BCUT2D eigenvalue weighted by Crippen LogP contribution is 2.31. The number of carbonyl (C=O) groups excluding carboxylic acids is 2. The summed E-state index contributed by atoms with van der Waals surface area (Å²) in [5.74, 6) is 0.668. The number of likely N-dealkylation sites (N-methyl/N-ethyl adjacent to an activating group) is 1. The highest BCUT2D eigenvalue weighted by Gasteiger charge is 2.19. The van der Waals surface area contributed by atoms with Gasteiger partial charge in [-0.1, -0.05) is 18.2 Å². The summed E-state index contributed by atoms with van der Waals surface area (Å²) in [5, 5.41) is 2.75. The van der Waals surface area contributed by atoms with Crippen molar-refractivity contribution in [3.63, 3.8) is 0 Å². The Morgan fingerprint density at radius 1 is 1.04 bits per heavy atom. The van der Waals surface area contributed by atoms with E-state index in [2.05, 4.69) is 5.32 Å². The van der Waals surface area contributed by atoms with E-state index in [9.17, 15) is 9.59 Å². The topological polar surface area (TPSA) is 67.9 Å². The molecule has 0 unspecified atom stereocenters. The van der Waals surface area contributed by atoms with Crippen LogP contribution >= 0.6 is 0 Å². The molecule has 124 valence electrons. The van der Waals surface area contributed by atoms with Gasteiger partial charge in [0.25, 0.3) is 5.91 Å². The maximum absolute atomic E-state index is 12.5. The minimum Gasteiger partial charge on any atom is -0.486 e. The smallest absolute Gasteiger partial charge is 0.254 e. The summed E-state index contributed by atoms with van der Waals surface area (Å²) in [6.45, 7) is 0.919. The standard InChI is InChI=1S/C18H18N2O4/c1-20(12-17(21)19-14-5-3-2-4-6-14)18(22)13-7-8-15-16(11-13)24-10-9-23-15/h2-8,11H,9-10,12H2,1H3,(H,19,21). The van der Waals surface area contributed by atoms with E-state index in [0.29, 0.717) is 36.0 Å². The Labute approximate surface area is 140 Å². The lowest BCUT2D eigenvalue weighted by atomic mass is 10.1. The molecule has 0 fully saturated rings. The minimum absolute atomic E-state index is 0.0395. The Hall–Kier alpha value is -3.02. The molecule has 2 aromatic carbocycles. The van der Waals surface area contributed by atoms with Crippen LogP contribution in [0.15, 0.2) is 48.5 Å². The van der Waals surface area contributed by atoms with Crippen molar-refractivity contribution in [2.45, 2.75) is 0 Å². The third-order valence-electron chi connectivity index (χ3n) is 3.57. The summed E-state index contributed by atoms with van der Waals surface area (Å²) in [6.07, 6.45) is 0. The molecule has 1 aliphatic rings. The first-order valence-corrected chi connectivity index (χ1v) is 7.63. The van der Waals surface area contributed by atoms with Crippen molar-refractivity contribution in [2.75, 3.05) is 32.1 Å². The second-order valence-corrected chi connectivity index (χ2v) is 5.43. The van der Waals surface area contributed by atoms with Gasteiger partial charge >= 0.3 is 0 Å². The van der Waals surface area contributed by atoms with Crippen LogP contribution in [0.5, 0.6) is 11.5 Å². The Bertz CT molecular complexity index is 746. The fourth-order valence-corrected chi connectivity index (χ4v) is 2.41. The molecule has 1 heterocycles. The number of rotatable bonds is 4. The normalized spacial score (nSPS) is 12.4. The number of hydrogen-bond acceptors (Lipinski definition) is 4. The van der Waals surface area contributed by atoms with Gasteiger partial charge in [-0.25, -0.2) is 0 Å². The summed E-state index contributed by atoms with van der Waals surface area (Å²) in [4.78, 5) is 25.9. The largest absolute Gasteiger partial charge is 0.486 e. The third-order valence-corrected chi connectivity index (χ3v) is 3.57. The van der Waals surface area contributed by atoms with Gasteiger partial charge in [0, 0.05) is 18.3 Å². The number of anilines is 1. The van der Waals surface area contributed by atoms with Crippen LogP contribution in [0.3, 0.4) is 0 Å². The zero-order valence-electron chi connectivity index (χ0n) is 13.3. The van der Waals surface area contributed by atoms with Gasteiger partial charge in [0.15, 0.2) is 11.5 Å². The number of carbonyl (C=O) groups is 2. The van der Waals surface area contributed by atoms with Crippen LogP contribution in [0.2, 0.25) is 0 Å². The maximum Gasteiger partial charge on any atom is 0.254 e. The van der Waals surface area contributed by atoms with Gasteiger partial charge in [0.05, 0.1) is 6.54 Å². The van der Waals surface area contributed by atoms with Gasteiger partial charge in [0.1, 0.15) is 13.2 Å². The predicted molar refractivity (Wildman–Crippen MR) is 89.5 cm³/mol. The molecule has 0 saturated heterocycles. The lowest BCUT2D eigenvalue weighted by Crippen LogP contribution is -2.35. The van der Waals surface area contributed by atoms with Gasteiger partial charge in [-0.15, -0.1) is 0 Å². The summed E-state index contributed by atoms with van der Waals surface area (Å²) in [7, 11) is 1.59. The first-order valence-electron chi connectivity index (χ1n) is 7.63. The van der Waals surface area contributed by atoms with E-state index in [4.69, 9.17) is 9.47 Å². The molecular formula is C18H18N2O4. The number of nitrogens with one attached hydrogen (secondary N) is 1. The molecule has 0 atom stereocenters. The van der Waals surface area contributed by atoms with E-state index in [0.717, 1.165) is 0 Å². The average Bonchev–Trinajstić information content (AvgIpc) is 2.61. The average molecular weight is 326 g/mol. The van der Waals surface area contributed by atoms with E-state index in [-0.39, 0.29) is 18.4 Å². The van der Waals surface area contributed by atoms with Crippen molar-refractivity contribution in [1.82, 2.24) is 4.90 Å². The van der Waals surface area contributed by atoms with E-state index in [1.54, 1.807) is 37.4 Å². The quantitative estimate of drug-likeness (QED) is 0.935. The van der Waals surface area contributed by atoms with Crippen molar-refractivity contribution < 1.29 is 19.1 Å². The summed E-state index contributed by atoms with van der Waals surface area (Å²) in [5.41, 5.74) is 1.15. The number of para-hydroxylation sites is 1. The lowest BCUT2D eigenvalue weighted by Gasteiger charge is -2.20. The monoisotopic (exact) mass is 326 g/mol. The number of ether oxygens (including phenoxy) is 2. The molecule has 0 bridgehead atoms. The number of hydrogen-bond donors (Lipinski definition) is 1. The Morgan fingerprint density at radius 3 is 2.50 bits per heavy atom. The number of benzene rings is 2. The van der Waals surface area contributed by atoms with Crippen LogP contribution < -0.4 is 14.8 Å². The molecule has 1 aliphatic heterocycles. The molecule has 2 aromatic rings. The lowest BCUT2D eigenvalue weighted by molar-refractivity contribution is -0.116. The summed E-state index contributed by atoms with van der Waals surface area (Å²) >= 11 is 0. The summed E-state index contributed by atoms with van der Waals surface area (Å²) in [6, 6.07) is 14.1. The highest BCUT2D eigenvalue weighted by molar-refractivity contribution is 5.99. The van der Waals surface area contributed by atoms with E-state index in [1.807, 2.05) is 18.2 Å². The molecule has 3 rings (SSSR count). The van der Waals surface area contributed by atoms with Crippen molar-refractivity contribution in [3.8, 4) is 11.5 Å². The first kappa shape index (κ1) is 15.9. The van der Waals surface area contributed by atoms with Crippen molar-refractivity contribution in [2.24, 2.45) is 0 Å². The molecule has 6 nitrogen and oxygen atoms in total. The van der Waals surface area contributed by atoms with Crippen molar-refractivity contribution >= 4 is 17.5 Å². The van der Waals surface area contributed by atoms with Gasteiger partial charge in [-0.3, -0.25) is 9.59 Å². The van der Waals surface area contributed by atoms with Gasteiger partial charge in [-0.05, 0) is 30.3 Å². The fraction of sp³-hybridized carbons (Fsp3) is 0.222. The van der Waals surface area contributed by atoms with E-state index in [1.165, 1.54) is 4.90 Å². The van der Waals surface area contributed by atoms with Gasteiger partial charge in [0.2, 0.25) is 5.91 Å². The number of fused-ring (bicyclic) bond motifs is 1. The molecule has 6 heteroatoms. The second kappa shape index (κ2) is 7.04. The first-order chi connectivity index (χ1) is 11.6. The second-order valence-electron chi connectivity index (χ2n) is 5.43. The van der Waals surface area contributed by atoms with Crippen LogP contribution in [0.4, 0.5) is 5.69 Å². The van der Waals surface area contributed by atoms with Crippen LogP contribution in [0.1, 0.15) is 10.4 Å². The minimum atomic E-state index is -0.255. The van der Waals surface area contributed by atoms with Crippen LogP contribution in [-0.4, -0.2) is 43.5 Å². The Balaban J connectivity index is 1.63. The molecule has 0 aromatic heterocycles. The molecule has 1 N–H and O–H groups in total. The zero-order chi connectivity index (χ0) is 16.9. The Morgan fingerprint density at radius 2 is 1.75 bits per heavy atom. The van der Waals surface area contributed by atoms with Crippen molar-refractivity contribution in [1.29, 1.82) is 0 Å². The molecule has 24 heavy (non-hydrogen) atoms. The molecule has 0 spiro atoms. The van der Waals surface area contributed by atoms with Crippen molar-refractivity contribution in [3.05, 3.63) is 54.1 Å². The Kier molecular flexibility index (Phi) is 4.65. The molecule has 0 radical (unpaired) electrons.